The van der Waals surface area contributed by atoms with Gasteiger partial charge in [-0.25, -0.2) is 10.0 Å². The molecular weight excluding hydrogens is 344 g/mol. The molecule has 0 fully saturated rings. The number of carbonyl (C=O) groups excluding carboxylic acids is 1. The number of aliphatic imine (C=N–C) groups is 2. The number of guanidine groups is 1. The van der Waals surface area contributed by atoms with Crippen molar-refractivity contribution in [2.45, 2.75) is 26.7 Å². The molecule has 0 spiro atoms. The third kappa shape index (κ3) is 10.7. The van der Waals surface area contributed by atoms with Crippen LogP contribution in [0, 0.1) is 11.3 Å². The number of aliphatic hydroxyl groups is 1. The molecule has 2 aliphatic rings. The second kappa shape index (κ2) is 15.8. The lowest BCUT2D eigenvalue weighted by Gasteiger charge is -2.14. The van der Waals surface area contributed by atoms with E-state index in [2.05, 4.69) is 33.2 Å². The van der Waals surface area contributed by atoms with Crippen LogP contribution in [0.3, 0.4) is 0 Å². The van der Waals surface area contributed by atoms with Crippen molar-refractivity contribution in [1.82, 2.24) is 10.3 Å². The first kappa shape index (κ1) is 23.3. The van der Waals surface area contributed by atoms with E-state index < -0.39 is 5.88 Å². The van der Waals surface area contributed by atoms with Gasteiger partial charge in [-0.15, -0.1) is 0 Å². The van der Waals surface area contributed by atoms with Gasteiger partial charge >= 0.3 is 0 Å². The Morgan fingerprint density at radius 1 is 1.41 bits per heavy atom. The minimum absolute atomic E-state index is 0.105. The fraction of sp³-hybridized carbons (Fsp3) is 0.211. The molecule has 0 unspecified atom stereocenters. The van der Waals surface area contributed by atoms with Gasteiger partial charge in [-0.1, -0.05) is 38.2 Å². The molecule has 27 heavy (non-hydrogen) atoms. The van der Waals surface area contributed by atoms with Gasteiger partial charge in [0, 0.05) is 18.8 Å². The highest BCUT2D eigenvalue weighted by Gasteiger charge is 2.07. The van der Waals surface area contributed by atoms with Gasteiger partial charge in [0.25, 0.3) is 5.96 Å². The maximum Gasteiger partial charge on any atom is 0.253 e. The average molecular weight is 368 g/mol. The first-order valence-electron chi connectivity index (χ1n) is 8.27. The zero-order valence-corrected chi connectivity index (χ0v) is 15.5. The second-order valence-electron chi connectivity index (χ2n) is 4.42. The van der Waals surface area contributed by atoms with Crippen molar-refractivity contribution >= 4 is 25.3 Å². The average Bonchev–Trinajstić information content (AvgIpc) is 3.02. The van der Waals surface area contributed by atoms with Gasteiger partial charge in [0.1, 0.15) is 0 Å². The Bertz CT molecular complexity index is 709. The third-order valence-corrected chi connectivity index (χ3v) is 2.65. The topological polar surface area (TPSA) is 113 Å². The number of carbonyl (C=O) groups is 1. The predicted octanol–water partition coefficient (Wildman–Crippen LogP) is 3.33. The first-order valence-corrected chi connectivity index (χ1v) is 8.27. The summed E-state index contributed by atoms with van der Waals surface area (Å²) in [5.41, 5.74) is 0.726. The standard InChI is InChI=1S/C9H11N5O2.C8H7N.C2H6/c1-10-9(13-8(16)6-11-7-15)14-5-3-2-4-12-14;9-7-8-5-3-1-2-4-6-8;1-2/h3-7,16H,1-2H2,(H,11,15);1,3-6H,2H2;1-2H3/b8-6-,13-9+;;. The fourth-order valence-electron chi connectivity index (χ4n) is 1.57. The van der Waals surface area contributed by atoms with Gasteiger partial charge in [0.05, 0.1) is 17.8 Å². The van der Waals surface area contributed by atoms with E-state index in [9.17, 15) is 9.90 Å². The summed E-state index contributed by atoms with van der Waals surface area (Å²) in [5, 5.41) is 25.1. The summed E-state index contributed by atoms with van der Waals surface area (Å²) < 4.78 is 0. The molecule has 2 N–H and O–H groups in total. The first-order chi connectivity index (χ1) is 13.2. The number of nitriles is 1. The number of amides is 1. The number of allylic oxidation sites excluding steroid dienone is 7. The van der Waals surface area contributed by atoms with E-state index in [1.54, 1.807) is 12.4 Å². The lowest BCUT2D eigenvalue weighted by molar-refractivity contribution is -0.108. The van der Waals surface area contributed by atoms with E-state index in [0.29, 0.717) is 6.41 Å². The van der Waals surface area contributed by atoms with Crippen LogP contribution in [-0.4, -0.2) is 35.4 Å². The highest BCUT2D eigenvalue weighted by Crippen LogP contribution is 2.04. The Labute approximate surface area is 159 Å². The number of rotatable bonds is 3. The van der Waals surface area contributed by atoms with Crippen molar-refractivity contribution in [2.24, 2.45) is 15.1 Å². The van der Waals surface area contributed by atoms with Crippen LogP contribution in [0.1, 0.15) is 26.7 Å². The van der Waals surface area contributed by atoms with E-state index in [1.807, 2.05) is 50.3 Å². The number of nitrogens with one attached hydrogen (secondary N) is 1. The molecule has 142 valence electrons. The number of nitrogens with zero attached hydrogens (tertiary/aromatic N) is 5. The number of hydrogen-bond donors (Lipinski definition) is 2. The van der Waals surface area contributed by atoms with Crippen LogP contribution < -0.4 is 5.32 Å². The predicted molar refractivity (Wildman–Crippen MR) is 109 cm³/mol. The van der Waals surface area contributed by atoms with E-state index in [4.69, 9.17) is 5.26 Å². The Morgan fingerprint density at radius 3 is 2.78 bits per heavy atom. The van der Waals surface area contributed by atoms with Crippen molar-refractivity contribution in [3.05, 3.63) is 60.3 Å². The molecular formula is C19H24N6O2. The molecule has 0 radical (unpaired) electrons. The van der Waals surface area contributed by atoms with Gasteiger partial charge in [-0.3, -0.25) is 4.79 Å². The molecule has 0 aromatic carbocycles. The molecule has 1 amide bonds. The van der Waals surface area contributed by atoms with Crippen molar-refractivity contribution in [2.75, 3.05) is 0 Å². The Morgan fingerprint density at radius 2 is 2.19 bits per heavy atom. The molecule has 0 atom stereocenters. The van der Waals surface area contributed by atoms with Crippen LogP contribution in [0.2, 0.25) is 0 Å². The number of hydrazone groups is 1. The second-order valence-corrected chi connectivity index (χ2v) is 4.42. The lowest BCUT2D eigenvalue weighted by Crippen LogP contribution is -2.20. The molecule has 0 bridgehead atoms. The summed E-state index contributed by atoms with van der Waals surface area (Å²) in [7, 11) is 0. The Hall–Kier alpha value is -3.73. The van der Waals surface area contributed by atoms with E-state index in [-0.39, 0.29) is 5.96 Å². The lowest BCUT2D eigenvalue weighted by atomic mass is 10.3. The Kier molecular flexibility index (Phi) is 13.6. The maximum atomic E-state index is 9.97. The normalized spacial score (nSPS) is 15.1. The van der Waals surface area contributed by atoms with Crippen molar-refractivity contribution in [3.63, 3.8) is 0 Å². The molecule has 0 saturated heterocycles. The summed E-state index contributed by atoms with van der Waals surface area (Å²) >= 11 is 0. The van der Waals surface area contributed by atoms with Crippen LogP contribution in [0.25, 0.3) is 0 Å². The highest BCUT2D eigenvalue weighted by atomic mass is 16.3. The molecule has 0 aromatic heterocycles. The van der Waals surface area contributed by atoms with Gasteiger partial charge < -0.3 is 10.4 Å². The number of hydrogen-bond acceptors (Lipinski definition) is 5. The molecule has 8 heteroatoms. The summed E-state index contributed by atoms with van der Waals surface area (Å²) in [6.07, 6.45) is 17.8. The number of aliphatic hydroxyl groups excluding tert-OH is 1. The monoisotopic (exact) mass is 368 g/mol. The summed E-state index contributed by atoms with van der Waals surface area (Å²) in [6, 6.07) is 2.07. The van der Waals surface area contributed by atoms with Gasteiger partial charge in [-0.2, -0.15) is 15.4 Å². The largest absolute Gasteiger partial charge is 0.492 e. The zero-order chi connectivity index (χ0) is 20.3. The van der Waals surface area contributed by atoms with E-state index in [0.717, 1.165) is 24.6 Å². The van der Waals surface area contributed by atoms with Crippen molar-refractivity contribution in [1.29, 1.82) is 5.26 Å². The van der Waals surface area contributed by atoms with Crippen LogP contribution in [0.5, 0.6) is 0 Å². The van der Waals surface area contributed by atoms with Gasteiger partial charge in [0.2, 0.25) is 12.3 Å². The minimum Gasteiger partial charge on any atom is -0.492 e. The van der Waals surface area contributed by atoms with Gasteiger partial charge in [-0.05, 0) is 25.3 Å². The van der Waals surface area contributed by atoms with Crippen LogP contribution in [0.4, 0.5) is 0 Å². The maximum absolute atomic E-state index is 9.97. The van der Waals surface area contributed by atoms with Crippen molar-refractivity contribution in [3.8, 4) is 6.07 Å². The minimum atomic E-state index is -0.399. The fourth-order valence-corrected chi connectivity index (χ4v) is 1.57. The molecule has 2 rings (SSSR count). The molecule has 8 nitrogen and oxygen atoms in total. The summed E-state index contributed by atoms with van der Waals surface area (Å²) in [5.74, 6) is -0.294. The van der Waals surface area contributed by atoms with Crippen LogP contribution in [0.15, 0.2) is 75.4 Å². The quantitative estimate of drug-likeness (QED) is 0.344. The Balaban J connectivity index is 0.000000519. The molecule has 1 aliphatic heterocycles. The summed E-state index contributed by atoms with van der Waals surface area (Å²) in [6.45, 7) is 7.31. The summed E-state index contributed by atoms with van der Waals surface area (Å²) in [4.78, 5) is 17.3. The SMILES string of the molecule is C=N/C(=N\C(O)=C\NC=O)N1C=CCC=N1.CC.N#CC1=CC=CCC=C1. The molecule has 0 aromatic rings. The van der Waals surface area contributed by atoms with Gasteiger partial charge in [0.15, 0.2) is 0 Å². The molecule has 1 heterocycles. The zero-order valence-electron chi connectivity index (χ0n) is 15.5. The highest BCUT2D eigenvalue weighted by molar-refractivity contribution is 5.86. The third-order valence-electron chi connectivity index (χ3n) is 2.65. The van der Waals surface area contributed by atoms with E-state index in [1.165, 1.54) is 5.01 Å². The molecule has 1 aliphatic carbocycles. The van der Waals surface area contributed by atoms with Crippen LogP contribution >= 0.6 is 0 Å². The molecule has 0 saturated carbocycles. The smallest absolute Gasteiger partial charge is 0.253 e. The van der Waals surface area contributed by atoms with Crippen LogP contribution in [-0.2, 0) is 4.79 Å². The van der Waals surface area contributed by atoms with Crippen molar-refractivity contribution < 1.29 is 9.90 Å². The van der Waals surface area contributed by atoms with E-state index >= 15 is 0 Å².